The van der Waals surface area contributed by atoms with Crippen LogP contribution in [0.5, 0.6) is 5.75 Å². The van der Waals surface area contributed by atoms with Crippen LogP contribution < -0.4 is 10.1 Å². The third kappa shape index (κ3) is 1.69. The molecule has 1 aromatic carbocycles. The van der Waals surface area contributed by atoms with Crippen molar-refractivity contribution in [2.24, 2.45) is 0 Å². The highest BCUT2D eigenvalue weighted by molar-refractivity contribution is 8.16. The van der Waals surface area contributed by atoms with Crippen molar-refractivity contribution >= 4 is 25.4 Å². The lowest BCUT2D eigenvalue weighted by atomic mass is 10.3. The summed E-state index contributed by atoms with van der Waals surface area (Å²) in [4.78, 5) is 0. The van der Waals surface area contributed by atoms with Crippen molar-refractivity contribution in [1.29, 1.82) is 0 Å². The van der Waals surface area contributed by atoms with Crippen LogP contribution in [0.2, 0.25) is 0 Å². The number of nitrogens with one attached hydrogen (secondary N) is 1. The highest BCUT2D eigenvalue weighted by atomic mass is 35.7. The largest absolute Gasteiger partial charge is 0.440 e. The lowest BCUT2D eigenvalue weighted by Gasteiger charge is -2.16. The van der Waals surface area contributed by atoms with Gasteiger partial charge in [0.25, 0.3) is 9.05 Å². The maximum atomic E-state index is 10.9. The first-order valence-electron chi connectivity index (χ1n) is 3.75. The van der Waals surface area contributed by atoms with E-state index in [0.29, 0.717) is 11.4 Å². The van der Waals surface area contributed by atoms with Gasteiger partial charge in [-0.15, -0.1) is 0 Å². The molecule has 1 heterocycles. The molecular formula is C8H6ClNO3S. The first-order chi connectivity index (χ1) is 6.57. The van der Waals surface area contributed by atoms with E-state index in [1.165, 1.54) is 6.20 Å². The Morgan fingerprint density at radius 1 is 1.29 bits per heavy atom. The highest BCUT2D eigenvalue weighted by Crippen LogP contribution is 2.31. The second-order valence-electron chi connectivity index (χ2n) is 2.64. The second kappa shape index (κ2) is 3.18. The van der Waals surface area contributed by atoms with E-state index < -0.39 is 9.05 Å². The summed E-state index contributed by atoms with van der Waals surface area (Å²) in [7, 11) is 1.30. The zero-order valence-corrected chi connectivity index (χ0v) is 8.47. The molecule has 6 heteroatoms. The van der Waals surface area contributed by atoms with Gasteiger partial charge in [0.2, 0.25) is 5.09 Å². The van der Waals surface area contributed by atoms with E-state index in [0.717, 1.165) is 0 Å². The Morgan fingerprint density at radius 3 is 2.71 bits per heavy atom. The fourth-order valence-electron chi connectivity index (χ4n) is 1.07. The fraction of sp³-hybridized carbons (Fsp3) is 0. The predicted molar refractivity (Wildman–Crippen MR) is 53.5 cm³/mol. The highest BCUT2D eigenvalue weighted by Gasteiger charge is 2.21. The first kappa shape index (κ1) is 9.36. The average molecular weight is 232 g/mol. The van der Waals surface area contributed by atoms with E-state index in [9.17, 15) is 8.42 Å². The van der Waals surface area contributed by atoms with Crippen molar-refractivity contribution in [3.8, 4) is 5.75 Å². The topological polar surface area (TPSA) is 55.4 Å². The molecule has 0 bridgehead atoms. The molecule has 2 rings (SSSR count). The van der Waals surface area contributed by atoms with E-state index in [1.807, 2.05) is 6.07 Å². The van der Waals surface area contributed by atoms with Crippen LogP contribution in [0.4, 0.5) is 5.69 Å². The lowest BCUT2D eigenvalue weighted by Crippen LogP contribution is -2.11. The van der Waals surface area contributed by atoms with Gasteiger partial charge in [-0.05, 0) is 12.1 Å². The number of halogens is 1. The van der Waals surface area contributed by atoms with E-state index in [4.69, 9.17) is 15.4 Å². The molecule has 14 heavy (non-hydrogen) atoms. The minimum absolute atomic E-state index is 0.294. The van der Waals surface area contributed by atoms with Crippen molar-refractivity contribution < 1.29 is 13.2 Å². The Morgan fingerprint density at radius 2 is 2.00 bits per heavy atom. The summed E-state index contributed by atoms with van der Waals surface area (Å²) >= 11 is 0. The summed E-state index contributed by atoms with van der Waals surface area (Å²) in [6.07, 6.45) is 1.21. The number of rotatable bonds is 1. The van der Waals surface area contributed by atoms with Gasteiger partial charge >= 0.3 is 0 Å². The number of hydrogen-bond acceptors (Lipinski definition) is 4. The molecule has 1 aromatic rings. The SMILES string of the molecule is O=S(=O)(Cl)C1=CNc2ccccc2O1. The summed E-state index contributed by atoms with van der Waals surface area (Å²) in [5.41, 5.74) is 0.705. The van der Waals surface area contributed by atoms with E-state index in [-0.39, 0.29) is 5.09 Å². The zero-order valence-electron chi connectivity index (χ0n) is 6.90. The number of fused-ring (bicyclic) bond motifs is 1. The normalized spacial score (nSPS) is 14.8. The molecule has 1 aliphatic heterocycles. The lowest BCUT2D eigenvalue weighted by molar-refractivity contribution is 0.448. The van der Waals surface area contributed by atoms with Crippen LogP contribution in [-0.4, -0.2) is 8.42 Å². The van der Waals surface area contributed by atoms with Crippen molar-refractivity contribution in [2.45, 2.75) is 0 Å². The van der Waals surface area contributed by atoms with Gasteiger partial charge in [-0.3, -0.25) is 0 Å². The van der Waals surface area contributed by atoms with Gasteiger partial charge < -0.3 is 10.1 Å². The summed E-state index contributed by atoms with van der Waals surface area (Å²) in [5, 5.41) is 2.47. The number of anilines is 1. The van der Waals surface area contributed by atoms with Crippen molar-refractivity contribution in [3.05, 3.63) is 35.6 Å². The number of ether oxygens (including phenoxy) is 1. The molecule has 0 saturated heterocycles. The first-order valence-corrected chi connectivity index (χ1v) is 6.06. The molecule has 0 unspecified atom stereocenters. The van der Waals surface area contributed by atoms with Gasteiger partial charge in [0.15, 0.2) is 5.75 Å². The predicted octanol–water partition coefficient (Wildman–Crippen LogP) is 1.86. The van der Waals surface area contributed by atoms with Crippen LogP contribution >= 0.6 is 10.7 Å². The van der Waals surface area contributed by atoms with Gasteiger partial charge in [0.1, 0.15) is 0 Å². The Hall–Kier alpha value is -1.20. The van der Waals surface area contributed by atoms with Crippen LogP contribution in [-0.2, 0) is 9.05 Å². The van der Waals surface area contributed by atoms with Crippen molar-refractivity contribution in [1.82, 2.24) is 0 Å². The molecule has 4 nitrogen and oxygen atoms in total. The molecule has 0 atom stereocenters. The van der Waals surface area contributed by atoms with Gasteiger partial charge in [0.05, 0.1) is 11.9 Å². The second-order valence-corrected chi connectivity index (χ2v) is 5.14. The standard InChI is InChI=1S/C8H6ClNO3S/c9-14(11,12)8-5-10-6-3-1-2-4-7(6)13-8/h1-5,10H. The summed E-state index contributed by atoms with van der Waals surface area (Å²) in [6, 6.07) is 6.97. The Balaban J connectivity index is 2.39. The van der Waals surface area contributed by atoms with Gasteiger partial charge in [0, 0.05) is 10.7 Å². The zero-order chi connectivity index (χ0) is 10.2. The molecule has 0 aromatic heterocycles. The molecule has 0 amide bonds. The van der Waals surface area contributed by atoms with Crippen LogP contribution in [0, 0.1) is 0 Å². The van der Waals surface area contributed by atoms with Gasteiger partial charge in [-0.1, -0.05) is 12.1 Å². The summed E-state index contributed by atoms with van der Waals surface area (Å²) in [6.45, 7) is 0. The maximum Gasteiger partial charge on any atom is 0.296 e. The molecule has 1 N–H and O–H groups in total. The van der Waals surface area contributed by atoms with Gasteiger partial charge in [-0.2, -0.15) is 0 Å². The summed E-state index contributed by atoms with van der Waals surface area (Å²) < 4.78 is 26.9. The molecule has 0 saturated carbocycles. The molecular weight excluding hydrogens is 226 g/mol. The summed E-state index contributed by atoms with van der Waals surface area (Å²) in [5.74, 6) is 0.439. The number of para-hydroxylation sites is 2. The molecule has 0 aliphatic carbocycles. The number of hydrogen-bond donors (Lipinski definition) is 1. The minimum atomic E-state index is -3.82. The fourth-order valence-corrected chi connectivity index (χ4v) is 1.69. The van der Waals surface area contributed by atoms with Crippen LogP contribution in [0.3, 0.4) is 0 Å². The quantitative estimate of drug-likeness (QED) is 0.750. The van der Waals surface area contributed by atoms with Gasteiger partial charge in [-0.25, -0.2) is 8.42 Å². The molecule has 1 aliphatic rings. The minimum Gasteiger partial charge on any atom is -0.440 e. The van der Waals surface area contributed by atoms with Crippen LogP contribution in [0.25, 0.3) is 0 Å². The molecule has 0 spiro atoms. The van der Waals surface area contributed by atoms with E-state index in [2.05, 4.69) is 5.32 Å². The number of benzene rings is 1. The third-order valence-corrected chi connectivity index (χ3v) is 2.82. The smallest absolute Gasteiger partial charge is 0.296 e. The Labute approximate surface area is 85.6 Å². The van der Waals surface area contributed by atoms with Crippen molar-refractivity contribution in [3.63, 3.8) is 0 Å². The maximum absolute atomic E-state index is 10.9. The Kier molecular flexibility index (Phi) is 2.13. The molecule has 0 fully saturated rings. The average Bonchev–Trinajstić information content (AvgIpc) is 2.16. The van der Waals surface area contributed by atoms with Crippen molar-refractivity contribution in [2.75, 3.05) is 5.32 Å². The van der Waals surface area contributed by atoms with Crippen LogP contribution in [0.1, 0.15) is 0 Å². The molecule has 74 valence electrons. The monoisotopic (exact) mass is 231 g/mol. The Bertz CT molecular complexity index is 495. The van der Waals surface area contributed by atoms with E-state index in [1.54, 1.807) is 18.2 Å². The van der Waals surface area contributed by atoms with Crippen LogP contribution in [0.15, 0.2) is 35.6 Å². The molecule has 0 radical (unpaired) electrons. The van der Waals surface area contributed by atoms with E-state index >= 15 is 0 Å². The third-order valence-electron chi connectivity index (χ3n) is 1.68.